The van der Waals surface area contributed by atoms with Gasteiger partial charge in [0, 0.05) is 28.5 Å². The molecule has 0 atom stereocenters. The molecule has 3 aromatic rings. The number of nitrogens with one attached hydrogen (secondary N) is 1. The SMILES string of the molecule is Cc1cc(SCc2ccccc2)ccc1Nc1ncc(C(F)(F)F)c([C@H]2CC[C@@](C)(O)CC2)n1. The summed E-state index contributed by atoms with van der Waals surface area (Å²) in [5.74, 6) is 0.638. The smallest absolute Gasteiger partial charge is 0.390 e. The van der Waals surface area contributed by atoms with E-state index in [1.54, 1.807) is 18.7 Å². The minimum absolute atomic E-state index is 0.00758. The first-order chi connectivity index (χ1) is 16.1. The van der Waals surface area contributed by atoms with E-state index in [0.717, 1.165) is 28.1 Å². The van der Waals surface area contributed by atoms with E-state index in [1.165, 1.54) is 5.56 Å². The van der Waals surface area contributed by atoms with Gasteiger partial charge in [0.05, 0.1) is 16.9 Å². The molecule has 0 unspecified atom stereocenters. The van der Waals surface area contributed by atoms with Crippen LogP contribution in [0.3, 0.4) is 0 Å². The predicted octanol–water partition coefficient (Wildman–Crippen LogP) is 7.25. The molecule has 180 valence electrons. The van der Waals surface area contributed by atoms with Crippen LogP contribution in [0.25, 0.3) is 0 Å². The number of halogens is 3. The van der Waals surface area contributed by atoms with Gasteiger partial charge < -0.3 is 10.4 Å². The monoisotopic (exact) mass is 487 g/mol. The Hall–Kier alpha value is -2.58. The fraction of sp³-hybridized carbons (Fsp3) is 0.385. The van der Waals surface area contributed by atoms with Gasteiger partial charge in [0.15, 0.2) is 0 Å². The number of aryl methyl sites for hydroxylation is 1. The van der Waals surface area contributed by atoms with E-state index in [-0.39, 0.29) is 17.6 Å². The molecule has 2 aromatic carbocycles. The van der Waals surface area contributed by atoms with Crippen molar-refractivity contribution in [1.29, 1.82) is 0 Å². The van der Waals surface area contributed by atoms with E-state index in [1.807, 2.05) is 43.3 Å². The highest BCUT2D eigenvalue weighted by atomic mass is 32.2. The van der Waals surface area contributed by atoms with Crippen LogP contribution >= 0.6 is 11.8 Å². The first kappa shape index (κ1) is 24.5. The van der Waals surface area contributed by atoms with Gasteiger partial charge in [-0.1, -0.05) is 30.3 Å². The van der Waals surface area contributed by atoms with Crippen LogP contribution in [0.2, 0.25) is 0 Å². The third-order valence-electron chi connectivity index (χ3n) is 6.27. The summed E-state index contributed by atoms with van der Waals surface area (Å²) < 4.78 is 41.0. The fourth-order valence-electron chi connectivity index (χ4n) is 4.23. The summed E-state index contributed by atoms with van der Waals surface area (Å²) in [7, 11) is 0. The zero-order chi connectivity index (χ0) is 24.3. The van der Waals surface area contributed by atoms with Gasteiger partial charge in [0.1, 0.15) is 0 Å². The van der Waals surface area contributed by atoms with Crippen molar-refractivity contribution < 1.29 is 18.3 Å². The Morgan fingerprint density at radius 1 is 1.12 bits per heavy atom. The largest absolute Gasteiger partial charge is 0.419 e. The Morgan fingerprint density at radius 2 is 1.82 bits per heavy atom. The maximum Gasteiger partial charge on any atom is 0.419 e. The fourth-order valence-corrected chi connectivity index (χ4v) is 5.18. The van der Waals surface area contributed by atoms with Crippen molar-refractivity contribution in [2.75, 3.05) is 5.32 Å². The van der Waals surface area contributed by atoms with Gasteiger partial charge in [-0.05, 0) is 68.9 Å². The molecule has 0 spiro atoms. The highest BCUT2D eigenvalue weighted by molar-refractivity contribution is 7.98. The van der Waals surface area contributed by atoms with Crippen LogP contribution in [0.1, 0.15) is 60.9 Å². The van der Waals surface area contributed by atoms with E-state index in [9.17, 15) is 18.3 Å². The summed E-state index contributed by atoms with van der Waals surface area (Å²) in [6, 6.07) is 16.1. The van der Waals surface area contributed by atoms with Gasteiger partial charge in [-0.15, -0.1) is 11.8 Å². The number of thioether (sulfide) groups is 1. The molecule has 34 heavy (non-hydrogen) atoms. The molecule has 1 aliphatic carbocycles. The number of nitrogens with zero attached hydrogens (tertiary/aromatic N) is 2. The van der Waals surface area contributed by atoms with Crippen LogP contribution in [0.5, 0.6) is 0 Å². The highest BCUT2D eigenvalue weighted by Crippen LogP contribution is 2.42. The molecule has 1 saturated carbocycles. The van der Waals surface area contributed by atoms with Crippen molar-refractivity contribution in [3.05, 3.63) is 77.1 Å². The molecule has 1 aromatic heterocycles. The number of hydrogen-bond acceptors (Lipinski definition) is 5. The van der Waals surface area contributed by atoms with E-state index < -0.39 is 17.3 Å². The lowest BCUT2D eigenvalue weighted by atomic mass is 9.78. The van der Waals surface area contributed by atoms with Crippen molar-refractivity contribution in [3.63, 3.8) is 0 Å². The summed E-state index contributed by atoms with van der Waals surface area (Å²) in [6.07, 6.45) is -1.85. The second kappa shape index (κ2) is 9.96. The number of benzene rings is 2. The number of rotatable bonds is 6. The van der Waals surface area contributed by atoms with Gasteiger partial charge in [-0.2, -0.15) is 13.2 Å². The van der Waals surface area contributed by atoms with Crippen molar-refractivity contribution >= 4 is 23.4 Å². The number of anilines is 2. The maximum atomic E-state index is 13.7. The van der Waals surface area contributed by atoms with Crippen LogP contribution in [-0.4, -0.2) is 20.7 Å². The first-order valence-electron chi connectivity index (χ1n) is 11.3. The third-order valence-corrected chi connectivity index (χ3v) is 7.33. The Labute approximate surface area is 202 Å². The molecule has 1 heterocycles. The average molecular weight is 488 g/mol. The van der Waals surface area contributed by atoms with Gasteiger partial charge in [0.2, 0.25) is 5.95 Å². The standard InChI is InChI=1S/C26H28F3N3OS/c1-17-14-20(34-16-18-6-4-3-5-7-18)8-9-22(17)31-24-30-15-21(26(27,28)29)23(32-24)19-10-12-25(2,33)13-11-19/h3-9,14-15,19,33H,10-13,16H2,1-2H3,(H,30,31,32)/t19-,25+. The molecular formula is C26H28F3N3OS. The Bertz CT molecular complexity index is 1130. The van der Waals surface area contributed by atoms with Crippen LogP contribution in [0.15, 0.2) is 59.6 Å². The highest BCUT2D eigenvalue weighted by Gasteiger charge is 2.39. The molecule has 8 heteroatoms. The normalized spacial score (nSPS) is 20.8. The molecule has 0 amide bonds. The Morgan fingerprint density at radius 3 is 2.47 bits per heavy atom. The van der Waals surface area contributed by atoms with Gasteiger partial charge in [-0.3, -0.25) is 0 Å². The van der Waals surface area contributed by atoms with E-state index in [0.29, 0.717) is 25.7 Å². The summed E-state index contributed by atoms with van der Waals surface area (Å²) in [5, 5.41) is 13.3. The van der Waals surface area contributed by atoms with Crippen molar-refractivity contribution in [2.45, 2.75) is 67.9 Å². The number of aromatic nitrogens is 2. The molecule has 4 rings (SSSR count). The van der Waals surface area contributed by atoms with E-state index >= 15 is 0 Å². The van der Waals surface area contributed by atoms with Gasteiger partial charge in [-0.25, -0.2) is 9.97 Å². The number of hydrogen-bond donors (Lipinski definition) is 2. The van der Waals surface area contributed by atoms with Crippen molar-refractivity contribution in [3.8, 4) is 0 Å². The maximum absolute atomic E-state index is 13.7. The lowest BCUT2D eigenvalue weighted by Gasteiger charge is -2.33. The lowest BCUT2D eigenvalue weighted by molar-refractivity contribution is -0.139. The van der Waals surface area contributed by atoms with Crippen LogP contribution in [0, 0.1) is 6.92 Å². The van der Waals surface area contributed by atoms with Crippen LogP contribution in [-0.2, 0) is 11.9 Å². The molecule has 0 bridgehead atoms. The molecule has 1 fully saturated rings. The topological polar surface area (TPSA) is 58.0 Å². The second-order valence-corrected chi connectivity index (χ2v) is 10.2. The molecule has 1 aliphatic rings. The predicted molar refractivity (Wildman–Crippen MR) is 129 cm³/mol. The number of alkyl halides is 3. The molecule has 0 aliphatic heterocycles. The lowest BCUT2D eigenvalue weighted by Crippen LogP contribution is -2.30. The molecular weight excluding hydrogens is 459 g/mol. The Balaban J connectivity index is 1.52. The van der Waals surface area contributed by atoms with Crippen molar-refractivity contribution in [1.82, 2.24) is 9.97 Å². The zero-order valence-corrected chi connectivity index (χ0v) is 20.0. The molecule has 2 N–H and O–H groups in total. The van der Waals surface area contributed by atoms with Gasteiger partial charge >= 0.3 is 6.18 Å². The van der Waals surface area contributed by atoms with Crippen LogP contribution < -0.4 is 5.32 Å². The minimum atomic E-state index is -4.53. The van der Waals surface area contributed by atoms with E-state index in [4.69, 9.17) is 0 Å². The minimum Gasteiger partial charge on any atom is -0.390 e. The second-order valence-electron chi connectivity index (χ2n) is 9.14. The Kier molecular flexibility index (Phi) is 7.19. The van der Waals surface area contributed by atoms with E-state index in [2.05, 4.69) is 27.4 Å². The molecule has 4 nitrogen and oxygen atoms in total. The summed E-state index contributed by atoms with van der Waals surface area (Å²) >= 11 is 1.72. The summed E-state index contributed by atoms with van der Waals surface area (Å²) in [6.45, 7) is 3.68. The molecule has 0 radical (unpaired) electrons. The number of aliphatic hydroxyl groups is 1. The summed E-state index contributed by atoms with van der Waals surface area (Å²) in [4.78, 5) is 9.39. The summed E-state index contributed by atoms with van der Waals surface area (Å²) in [5.41, 5.74) is 1.32. The average Bonchev–Trinajstić information content (AvgIpc) is 2.79. The quantitative estimate of drug-likeness (QED) is 0.359. The third kappa shape index (κ3) is 6.10. The van der Waals surface area contributed by atoms with Crippen LogP contribution in [0.4, 0.5) is 24.8 Å². The molecule has 0 saturated heterocycles. The van der Waals surface area contributed by atoms with Gasteiger partial charge in [0.25, 0.3) is 0 Å². The zero-order valence-electron chi connectivity index (χ0n) is 19.2. The first-order valence-corrected chi connectivity index (χ1v) is 12.3. The van der Waals surface area contributed by atoms with Crippen molar-refractivity contribution in [2.24, 2.45) is 0 Å².